The SMILES string of the molecule is CC(C)Cn1ncnc1CS(=O)c1cccc(N)c1. The van der Waals surface area contributed by atoms with Crippen LogP contribution in [0.4, 0.5) is 5.69 Å². The minimum absolute atomic E-state index is 0.357. The predicted octanol–water partition coefficient (Wildman–Crippen LogP) is 1.82. The Morgan fingerprint density at radius 1 is 1.42 bits per heavy atom. The van der Waals surface area contributed by atoms with Crippen LogP contribution in [0.25, 0.3) is 0 Å². The van der Waals surface area contributed by atoms with Gasteiger partial charge in [-0.25, -0.2) is 9.67 Å². The molecule has 0 spiro atoms. The zero-order chi connectivity index (χ0) is 13.8. The van der Waals surface area contributed by atoms with Crippen LogP contribution in [-0.2, 0) is 23.1 Å². The van der Waals surface area contributed by atoms with E-state index in [1.54, 1.807) is 18.2 Å². The summed E-state index contributed by atoms with van der Waals surface area (Å²) in [5, 5.41) is 4.17. The second kappa shape index (κ2) is 5.97. The summed E-state index contributed by atoms with van der Waals surface area (Å²) >= 11 is 0. The number of nitrogens with zero attached hydrogens (tertiary/aromatic N) is 3. The molecule has 0 aliphatic heterocycles. The summed E-state index contributed by atoms with van der Waals surface area (Å²) in [6.07, 6.45) is 1.51. The van der Waals surface area contributed by atoms with Gasteiger partial charge in [-0.3, -0.25) is 4.21 Å². The van der Waals surface area contributed by atoms with Gasteiger partial charge in [0.05, 0.1) is 16.6 Å². The summed E-state index contributed by atoms with van der Waals surface area (Å²) in [5.41, 5.74) is 6.32. The smallest absolute Gasteiger partial charge is 0.139 e. The van der Waals surface area contributed by atoms with E-state index in [-0.39, 0.29) is 0 Å². The monoisotopic (exact) mass is 278 g/mol. The summed E-state index contributed by atoms with van der Waals surface area (Å²) in [4.78, 5) is 4.91. The first-order valence-corrected chi connectivity index (χ1v) is 7.48. The van der Waals surface area contributed by atoms with Crippen LogP contribution in [0.2, 0.25) is 0 Å². The molecule has 102 valence electrons. The van der Waals surface area contributed by atoms with Crippen molar-refractivity contribution < 1.29 is 4.21 Å². The number of aromatic nitrogens is 3. The Kier molecular flexibility index (Phi) is 4.31. The number of benzene rings is 1. The molecule has 1 aromatic heterocycles. The highest BCUT2D eigenvalue weighted by Gasteiger charge is 2.11. The van der Waals surface area contributed by atoms with Gasteiger partial charge in [-0.1, -0.05) is 19.9 Å². The molecule has 2 N–H and O–H groups in total. The summed E-state index contributed by atoms with van der Waals surface area (Å²) in [6.45, 7) is 5.00. The number of hydrogen-bond acceptors (Lipinski definition) is 4. The molecule has 0 radical (unpaired) electrons. The van der Waals surface area contributed by atoms with Gasteiger partial charge >= 0.3 is 0 Å². The molecule has 0 aliphatic carbocycles. The lowest BCUT2D eigenvalue weighted by molar-refractivity contribution is 0.471. The molecule has 0 fully saturated rings. The topological polar surface area (TPSA) is 73.8 Å². The van der Waals surface area contributed by atoms with Crippen LogP contribution in [0.5, 0.6) is 0 Å². The van der Waals surface area contributed by atoms with E-state index >= 15 is 0 Å². The summed E-state index contributed by atoms with van der Waals surface area (Å²) in [5.74, 6) is 1.58. The quantitative estimate of drug-likeness (QED) is 0.847. The normalized spacial score (nSPS) is 12.8. The van der Waals surface area contributed by atoms with Gasteiger partial charge in [0.25, 0.3) is 0 Å². The van der Waals surface area contributed by atoms with Crippen LogP contribution in [0.1, 0.15) is 19.7 Å². The molecule has 0 amide bonds. The van der Waals surface area contributed by atoms with Crippen LogP contribution in [0, 0.1) is 5.92 Å². The van der Waals surface area contributed by atoms with Gasteiger partial charge in [0, 0.05) is 17.1 Å². The molecule has 1 atom stereocenters. The molecule has 2 aromatic rings. The molecule has 0 saturated heterocycles. The van der Waals surface area contributed by atoms with E-state index in [2.05, 4.69) is 23.9 Å². The minimum Gasteiger partial charge on any atom is -0.399 e. The molecule has 0 saturated carbocycles. The Morgan fingerprint density at radius 2 is 2.21 bits per heavy atom. The molecule has 5 nitrogen and oxygen atoms in total. The Bertz CT molecular complexity index is 580. The average molecular weight is 278 g/mol. The average Bonchev–Trinajstić information content (AvgIpc) is 2.75. The highest BCUT2D eigenvalue weighted by Crippen LogP contribution is 2.14. The molecular weight excluding hydrogens is 260 g/mol. The Labute approximate surface area is 115 Å². The van der Waals surface area contributed by atoms with Gasteiger partial charge in [0.2, 0.25) is 0 Å². The number of nitrogen functional groups attached to an aromatic ring is 1. The molecule has 1 unspecified atom stereocenters. The number of hydrogen-bond donors (Lipinski definition) is 1. The van der Waals surface area contributed by atoms with E-state index < -0.39 is 10.8 Å². The van der Waals surface area contributed by atoms with Crippen molar-refractivity contribution in [2.75, 3.05) is 5.73 Å². The maximum absolute atomic E-state index is 12.3. The van der Waals surface area contributed by atoms with Crippen LogP contribution >= 0.6 is 0 Å². The first-order chi connectivity index (χ1) is 9.06. The minimum atomic E-state index is -1.15. The van der Waals surface area contributed by atoms with Crippen molar-refractivity contribution in [3.63, 3.8) is 0 Å². The second-order valence-electron chi connectivity index (χ2n) is 4.81. The van der Waals surface area contributed by atoms with Gasteiger partial charge in [-0.05, 0) is 24.1 Å². The van der Waals surface area contributed by atoms with E-state index in [4.69, 9.17) is 5.73 Å². The lowest BCUT2D eigenvalue weighted by Gasteiger charge is -2.08. The predicted molar refractivity (Wildman–Crippen MR) is 75.8 cm³/mol. The van der Waals surface area contributed by atoms with Crippen LogP contribution in [0.15, 0.2) is 35.5 Å². The van der Waals surface area contributed by atoms with Gasteiger partial charge in [-0.15, -0.1) is 0 Å². The zero-order valence-corrected chi connectivity index (χ0v) is 11.9. The molecule has 2 rings (SSSR count). The maximum Gasteiger partial charge on any atom is 0.139 e. The highest BCUT2D eigenvalue weighted by atomic mass is 32.2. The summed E-state index contributed by atoms with van der Waals surface area (Å²) in [7, 11) is -1.15. The third kappa shape index (κ3) is 3.64. The fraction of sp³-hybridized carbons (Fsp3) is 0.385. The third-order valence-electron chi connectivity index (χ3n) is 2.61. The largest absolute Gasteiger partial charge is 0.399 e. The lowest BCUT2D eigenvalue weighted by Crippen LogP contribution is -2.12. The van der Waals surface area contributed by atoms with E-state index in [0.29, 0.717) is 17.4 Å². The van der Waals surface area contributed by atoms with Gasteiger partial charge in [-0.2, -0.15) is 5.10 Å². The molecular formula is C13H18N4OS. The second-order valence-corrected chi connectivity index (χ2v) is 6.27. The summed E-state index contributed by atoms with van der Waals surface area (Å²) in [6, 6.07) is 7.14. The fourth-order valence-corrected chi connectivity index (χ4v) is 2.88. The van der Waals surface area contributed by atoms with Crippen LogP contribution < -0.4 is 5.73 Å². The Morgan fingerprint density at radius 3 is 2.89 bits per heavy atom. The summed E-state index contributed by atoms with van der Waals surface area (Å²) < 4.78 is 14.1. The molecule has 1 aromatic carbocycles. The molecule has 19 heavy (non-hydrogen) atoms. The van der Waals surface area contributed by atoms with E-state index in [1.165, 1.54) is 6.33 Å². The van der Waals surface area contributed by atoms with Gasteiger partial charge < -0.3 is 5.73 Å². The Balaban J connectivity index is 2.13. The number of nitrogens with two attached hydrogens (primary N) is 1. The standard InChI is InChI=1S/C13H18N4OS/c1-10(2)7-17-13(15-9-16-17)8-19(18)12-5-3-4-11(14)6-12/h3-6,9-10H,7-8,14H2,1-2H3. The van der Waals surface area contributed by atoms with E-state index in [9.17, 15) is 4.21 Å². The van der Waals surface area contributed by atoms with Crippen molar-refractivity contribution in [2.45, 2.75) is 31.0 Å². The van der Waals surface area contributed by atoms with Crippen molar-refractivity contribution in [3.05, 3.63) is 36.4 Å². The van der Waals surface area contributed by atoms with Crippen LogP contribution in [0.3, 0.4) is 0 Å². The van der Waals surface area contributed by atoms with Crippen molar-refractivity contribution in [1.29, 1.82) is 0 Å². The van der Waals surface area contributed by atoms with Gasteiger partial charge in [0.1, 0.15) is 12.2 Å². The van der Waals surface area contributed by atoms with Crippen molar-refractivity contribution >= 4 is 16.5 Å². The molecule has 0 bridgehead atoms. The maximum atomic E-state index is 12.3. The van der Waals surface area contributed by atoms with Crippen LogP contribution in [-0.4, -0.2) is 19.0 Å². The van der Waals surface area contributed by atoms with Gasteiger partial charge in [0.15, 0.2) is 0 Å². The zero-order valence-electron chi connectivity index (χ0n) is 11.1. The third-order valence-corrected chi connectivity index (χ3v) is 3.92. The first-order valence-electron chi connectivity index (χ1n) is 6.17. The first kappa shape index (κ1) is 13.7. The molecule has 0 aliphatic rings. The number of rotatable bonds is 5. The molecule has 6 heteroatoms. The van der Waals surface area contributed by atoms with E-state index in [1.807, 2.05) is 10.7 Å². The van der Waals surface area contributed by atoms with Crippen molar-refractivity contribution in [2.24, 2.45) is 5.92 Å². The lowest BCUT2D eigenvalue weighted by atomic mass is 10.2. The molecule has 1 heterocycles. The Hall–Kier alpha value is -1.69. The van der Waals surface area contributed by atoms with E-state index in [0.717, 1.165) is 17.3 Å². The number of anilines is 1. The highest BCUT2D eigenvalue weighted by molar-refractivity contribution is 7.84. The fourth-order valence-electron chi connectivity index (χ4n) is 1.76. The van der Waals surface area contributed by atoms with Crippen molar-refractivity contribution in [3.8, 4) is 0 Å². The van der Waals surface area contributed by atoms with Crippen molar-refractivity contribution in [1.82, 2.24) is 14.8 Å².